The van der Waals surface area contributed by atoms with E-state index in [9.17, 15) is 10.2 Å². The summed E-state index contributed by atoms with van der Waals surface area (Å²) in [4.78, 5) is 9.40. The van der Waals surface area contributed by atoms with Gasteiger partial charge in [0.2, 0.25) is 0 Å². The number of methoxy groups -OCH3 is 1. The summed E-state index contributed by atoms with van der Waals surface area (Å²) in [5.41, 5.74) is 12.2. The van der Waals surface area contributed by atoms with E-state index in [0.29, 0.717) is 0 Å². The summed E-state index contributed by atoms with van der Waals surface area (Å²) < 4.78 is 7.49. The maximum atomic E-state index is 9.59. The first-order chi connectivity index (χ1) is 25.7. The molecule has 0 amide bonds. The summed E-state index contributed by atoms with van der Waals surface area (Å²) in [7, 11) is 1.69. The molecule has 262 valence electrons. The van der Waals surface area contributed by atoms with Gasteiger partial charge in [0.15, 0.2) is 0 Å². The lowest BCUT2D eigenvalue weighted by Crippen LogP contribution is -1.86. The van der Waals surface area contributed by atoms with Crippen molar-refractivity contribution in [1.29, 1.82) is 0 Å². The number of thiazole rings is 2. The number of rotatable bonds is 7. The zero-order valence-electron chi connectivity index (χ0n) is 29.9. The Morgan fingerprint density at radius 1 is 0.509 bits per heavy atom. The molecule has 0 fully saturated rings. The molecule has 0 saturated carbocycles. The van der Waals surface area contributed by atoms with Gasteiger partial charge in [-0.15, -0.1) is 22.7 Å². The third-order valence-electron chi connectivity index (χ3n) is 8.87. The number of hydrogen-bond donors (Lipinski definition) is 2. The minimum Gasteiger partial charge on any atom is -0.508 e. The lowest BCUT2D eigenvalue weighted by atomic mass is 10.1. The van der Waals surface area contributed by atoms with Gasteiger partial charge in [-0.25, -0.2) is 9.97 Å². The van der Waals surface area contributed by atoms with Crippen LogP contribution in [0.15, 0.2) is 121 Å². The zero-order chi connectivity index (χ0) is 36.9. The number of aryl methyl sites for hydroxylation is 3. The van der Waals surface area contributed by atoms with Crippen molar-refractivity contribution in [2.24, 2.45) is 0 Å². The molecule has 0 bridgehead atoms. The Labute approximate surface area is 317 Å². The predicted octanol–water partition coefficient (Wildman–Crippen LogP) is 12.6. The van der Waals surface area contributed by atoms with E-state index in [2.05, 4.69) is 116 Å². The number of aromatic hydroxyl groups is 2. The van der Waals surface area contributed by atoms with Crippen LogP contribution in [0.4, 0.5) is 0 Å². The molecule has 2 heterocycles. The summed E-state index contributed by atoms with van der Waals surface area (Å²) in [6.45, 7) is 6.19. The van der Waals surface area contributed by atoms with Gasteiger partial charge in [0.1, 0.15) is 27.3 Å². The van der Waals surface area contributed by atoms with Crippen LogP contribution in [0.1, 0.15) is 38.9 Å². The largest absolute Gasteiger partial charge is 0.508 e. The molecular formula is C46H38N2O3S2. The van der Waals surface area contributed by atoms with Gasteiger partial charge in [-0.3, -0.25) is 0 Å². The van der Waals surface area contributed by atoms with Gasteiger partial charge in [0, 0.05) is 11.1 Å². The standard InChI is InChI=1S/C24H21NOS.C22H17NO2S/c1-16-4-13-22-23(14-16)27-24(25-22)20-9-6-18(7-10-20)5-8-19-11-12-21(26-3)15-17(19)2;1-14-12-18(24)9-8-16(14)5-2-15-3-6-17(7-4-15)22-23-20-11-10-19(25)13-21(20)26-22/h4-15H,1-3H3;2-13,24-25H,1H3/b8-5+;5-2+. The first-order valence-electron chi connectivity index (χ1n) is 17.2. The number of ether oxygens (including phenoxy) is 1. The van der Waals surface area contributed by atoms with Crippen molar-refractivity contribution in [3.8, 4) is 38.4 Å². The molecule has 8 aromatic rings. The molecule has 0 saturated heterocycles. The second-order valence-electron chi connectivity index (χ2n) is 12.8. The van der Waals surface area contributed by atoms with Gasteiger partial charge < -0.3 is 14.9 Å². The van der Waals surface area contributed by atoms with Crippen molar-refractivity contribution in [3.05, 3.63) is 160 Å². The number of aromatic nitrogens is 2. The molecule has 0 unspecified atom stereocenters. The third-order valence-corrected chi connectivity index (χ3v) is 11.0. The van der Waals surface area contributed by atoms with Crippen molar-refractivity contribution in [2.75, 3.05) is 7.11 Å². The SMILES string of the molecule is COc1ccc(/C=C/c2ccc(-c3nc4ccc(C)cc4s3)cc2)c(C)c1.Cc1cc(O)ccc1/C=C/c1ccc(-c2nc3ccc(O)cc3s2)cc1. The molecule has 7 heteroatoms. The van der Waals surface area contributed by atoms with Crippen molar-refractivity contribution in [2.45, 2.75) is 20.8 Å². The minimum absolute atomic E-state index is 0.262. The zero-order valence-corrected chi connectivity index (χ0v) is 31.5. The van der Waals surface area contributed by atoms with E-state index in [4.69, 9.17) is 9.72 Å². The molecule has 0 spiro atoms. The average Bonchev–Trinajstić information content (AvgIpc) is 3.79. The Hall–Kier alpha value is -6.02. The van der Waals surface area contributed by atoms with Crippen molar-refractivity contribution in [3.63, 3.8) is 0 Å². The van der Waals surface area contributed by atoms with Gasteiger partial charge in [0.25, 0.3) is 0 Å². The first-order valence-corrected chi connectivity index (χ1v) is 18.8. The fraction of sp³-hybridized carbons (Fsp3) is 0.0870. The summed E-state index contributed by atoms with van der Waals surface area (Å²) in [5.74, 6) is 1.44. The normalized spacial score (nSPS) is 11.4. The summed E-state index contributed by atoms with van der Waals surface area (Å²) in [6.07, 6.45) is 8.38. The van der Waals surface area contributed by atoms with Gasteiger partial charge in [0.05, 0.1) is 27.5 Å². The van der Waals surface area contributed by atoms with E-state index in [0.717, 1.165) is 59.3 Å². The first kappa shape index (κ1) is 35.4. The smallest absolute Gasteiger partial charge is 0.124 e. The number of nitrogens with zero attached hydrogens (tertiary/aromatic N) is 2. The Bertz CT molecular complexity index is 2600. The summed E-state index contributed by atoms with van der Waals surface area (Å²) >= 11 is 3.32. The van der Waals surface area contributed by atoms with E-state index >= 15 is 0 Å². The van der Waals surface area contributed by atoms with E-state index in [1.807, 2.05) is 31.2 Å². The predicted molar refractivity (Wildman–Crippen MR) is 225 cm³/mol. The second kappa shape index (κ2) is 15.7. The van der Waals surface area contributed by atoms with E-state index in [-0.39, 0.29) is 11.5 Å². The van der Waals surface area contributed by atoms with Crippen LogP contribution < -0.4 is 4.74 Å². The van der Waals surface area contributed by atoms with Crippen molar-refractivity contribution < 1.29 is 14.9 Å². The highest BCUT2D eigenvalue weighted by Gasteiger charge is 2.08. The molecule has 0 radical (unpaired) electrons. The molecular weight excluding hydrogens is 693 g/mol. The maximum Gasteiger partial charge on any atom is 0.124 e. The van der Waals surface area contributed by atoms with Gasteiger partial charge in [-0.2, -0.15) is 0 Å². The van der Waals surface area contributed by atoms with Gasteiger partial charge >= 0.3 is 0 Å². The second-order valence-corrected chi connectivity index (χ2v) is 14.9. The number of fused-ring (bicyclic) bond motifs is 2. The third kappa shape index (κ3) is 8.55. The van der Waals surface area contributed by atoms with Crippen LogP contribution in [0.3, 0.4) is 0 Å². The van der Waals surface area contributed by atoms with E-state index < -0.39 is 0 Å². The monoisotopic (exact) mass is 730 g/mol. The average molecular weight is 731 g/mol. The Morgan fingerprint density at radius 3 is 1.55 bits per heavy atom. The highest BCUT2D eigenvalue weighted by Crippen LogP contribution is 2.33. The molecule has 8 rings (SSSR count). The highest BCUT2D eigenvalue weighted by molar-refractivity contribution is 7.22. The molecule has 6 aromatic carbocycles. The van der Waals surface area contributed by atoms with Crippen molar-refractivity contribution in [1.82, 2.24) is 9.97 Å². The maximum absolute atomic E-state index is 9.59. The van der Waals surface area contributed by atoms with Crippen LogP contribution >= 0.6 is 22.7 Å². The Kier molecular flexibility index (Phi) is 10.5. The van der Waals surface area contributed by atoms with Crippen LogP contribution in [0.5, 0.6) is 17.2 Å². The molecule has 2 aromatic heterocycles. The Morgan fingerprint density at radius 2 is 1.00 bits per heavy atom. The summed E-state index contributed by atoms with van der Waals surface area (Å²) in [5, 5.41) is 21.1. The van der Waals surface area contributed by atoms with Crippen LogP contribution in [-0.2, 0) is 0 Å². The van der Waals surface area contributed by atoms with Crippen LogP contribution in [0.2, 0.25) is 0 Å². The molecule has 0 aliphatic carbocycles. The minimum atomic E-state index is 0.262. The molecule has 0 aliphatic heterocycles. The van der Waals surface area contributed by atoms with E-state index in [1.54, 1.807) is 54.0 Å². The lowest BCUT2D eigenvalue weighted by Gasteiger charge is -2.04. The number of phenols is 2. The number of phenolic OH excluding ortho intramolecular Hbond substituents is 2. The molecule has 5 nitrogen and oxygen atoms in total. The topological polar surface area (TPSA) is 75.5 Å². The Balaban J connectivity index is 0.000000164. The molecule has 0 atom stereocenters. The fourth-order valence-electron chi connectivity index (χ4n) is 5.85. The fourth-order valence-corrected chi connectivity index (χ4v) is 7.92. The van der Waals surface area contributed by atoms with Crippen LogP contribution in [0, 0.1) is 20.8 Å². The summed E-state index contributed by atoms with van der Waals surface area (Å²) in [6, 6.07) is 39.9. The van der Waals surface area contributed by atoms with Crippen molar-refractivity contribution >= 4 is 67.4 Å². The van der Waals surface area contributed by atoms with Gasteiger partial charge in [-0.05, 0) is 114 Å². The number of hydrogen-bond acceptors (Lipinski definition) is 7. The lowest BCUT2D eigenvalue weighted by molar-refractivity contribution is 0.414. The quantitative estimate of drug-likeness (QED) is 0.160. The van der Waals surface area contributed by atoms with Crippen LogP contribution in [-0.4, -0.2) is 27.3 Å². The molecule has 2 N–H and O–H groups in total. The number of benzene rings is 6. The molecule has 53 heavy (non-hydrogen) atoms. The molecule has 0 aliphatic rings. The van der Waals surface area contributed by atoms with Gasteiger partial charge in [-0.1, -0.05) is 91.0 Å². The highest BCUT2D eigenvalue weighted by atomic mass is 32.1. The van der Waals surface area contributed by atoms with E-state index in [1.165, 1.54) is 27.0 Å². The van der Waals surface area contributed by atoms with Crippen LogP contribution in [0.25, 0.3) is 65.9 Å².